The maximum atomic E-state index is 12.2. The molecule has 2 N–H and O–H groups in total. The molecule has 0 saturated carbocycles. The minimum absolute atomic E-state index is 0. The van der Waals surface area contributed by atoms with Crippen LogP contribution in [-0.2, 0) is 4.79 Å². The molecule has 0 radical (unpaired) electrons. The summed E-state index contributed by atoms with van der Waals surface area (Å²) in [6, 6.07) is 10.4. The molecule has 1 aromatic rings. The van der Waals surface area contributed by atoms with Crippen molar-refractivity contribution in [2.24, 2.45) is 5.92 Å². The van der Waals surface area contributed by atoms with Gasteiger partial charge in [-0.15, -0.1) is 24.2 Å². The van der Waals surface area contributed by atoms with Crippen LogP contribution in [0.2, 0.25) is 0 Å². The molecule has 0 aliphatic carbocycles. The van der Waals surface area contributed by atoms with Gasteiger partial charge in [0.15, 0.2) is 0 Å². The van der Waals surface area contributed by atoms with Gasteiger partial charge in [0.05, 0.1) is 5.25 Å². The fraction of sp³-hybridized carbons (Fsp3) is 0.533. The SMILES string of the molecule is CNC(C)CNC(=O)C(Sc1ccccc1)C(C)C.Cl. The molecule has 2 unspecified atom stereocenters. The number of halogens is 1. The molecule has 0 bridgehead atoms. The second-order valence-corrected chi connectivity index (χ2v) is 6.25. The van der Waals surface area contributed by atoms with Crippen molar-refractivity contribution < 1.29 is 4.79 Å². The number of hydrogen-bond donors (Lipinski definition) is 2. The number of likely N-dealkylation sites (N-methyl/N-ethyl adjacent to an activating group) is 1. The Hall–Kier alpha value is -0.710. The number of amides is 1. The van der Waals surface area contributed by atoms with Gasteiger partial charge in [0, 0.05) is 17.5 Å². The lowest BCUT2D eigenvalue weighted by Crippen LogP contribution is -2.42. The summed E-state index contributed by atoms with van der Waals surface area (Å²) in [6.45, 7) is 6.88. The summed E-state index contributed by atoms with van der Waals surface area (Å²) in [7, 11) is 1.90. The highest BCUT2D eigenvalue weighted by Crippen LogP contribution is 2.27. The lowest BCUT2D eigenvalue weighted by atomic mass is 10.1. The summed E-state index contributed by atoms with van der Waals surface area (Å²) in [6.07, 6.45) is 0. The number of rotatable bonds is 7. The van der Waals surface area contributed by atoms with E-state index in [1.807, 2.05) is 37.4 Å². The highest BCUT2D eigenvalue weighted by atomic mass is 35.5. The number of hydrogen-bond acceptors (Lipinski definition) is 3. The van der Waals surface area contributed by atoms with Gasteiger partial charge in [-0.3, -0.25) is 4.79 Å². The molecule has 0 saturated heterocycles. The van der Waals surface area contributed by atoms with Crippen LogP contribution in [0.3, 0.4) is 0 Å². The summed E-state index contributed by atoms with van der Waals surface area (Å²) in [5.74, 6) is 0.418. The molecule has 2 atom stereocenters. The third-order valence-electron chi connectivity index (χ3n) is 2.95. The molecule has 0 aliphatic rings. The van der Waals surface area contributed by atoms with Crippen molar-refractivity contribution in [2.75, 3.05) is 13.6 Å². The molecule has 1 rings (SSSR count). The summed E-state index contributed by atoms with van der Waals surface area (Å²) < 4.78 is 0. The van der Waals surface area contributed by atoms with E-state index in [1.165, 1.54) is 0 Å². The molecular formula is C15H25ClN2OS. The van der Waals surface area contributed by atoms with E-state index in [0.29, 0.717) is 18.5 Å². The molecule has 1 amide bonds. The highest BCUT2D eigenvalue weighted by molar-refractivity contribution is 8.00. The van der Waals surface area contributed by atoms with Crippen molar-refractivity contribution in [3.63, 3.8) is 0 Å². The number of carbonyl (C=O) groups excluding carboxylic acids is 1. The van der Waals surface area contributed by atoms with Gasteiger partial charge < -0.3 is 10.6 Å². The zero-order valence-corrected chi connectivity index (χ0v) is 14.2. The molecule has 0 aliphatic heterocycles. The van der Waals surface area contributed by atoms with E-state index in [-0.39, 0.29) is 23.6 Å². The van der Waals surface area contributed by atoms with E-state index in [2.05, 4.69) is 31.4 Å². The Morgan fingerprint density at radius 3 is 2.30 bits per heavy atom. The predicted octanol–water partition coefficient (Wildman–Crippen LogP) is 2.95. The van der Waals surface area contributed by atoms with Crippen LogP contribution >= 0.6 is 24.2 Å². The third kappa shape index (κ3) is 6.64. The second-order valence-electron chi connectivity index (χ2n) is 5.03. The normalized spacial score (nSPS) is 13.4. The Morgan fingerprint density at radius 2 is 1.80 bits per heavy atom. The average molecular weight is 317 g/mol. The van der Waals surface area contributed by atoms with E-state index in [1.54, 1.807) is 11.8 Å². The monoisotopic (exact) mass is 316 g/mol. The second kappa shape index (κ2) is 10.1. The molecule has 1 aromatic carbocycles. The molecule has 0 heterocycles. The summed E-state index contributed by atoms with van der Waals surface area (Å²) in [5.41, 5.74) is 0. The van der Waals surface area contributed by atoms with Gasteiger partial charge in [-0.05, 0) is 32.0 Å². The number of benzene rings is 1. The van der Waals surface area contributed by atoms with Gasteiger partial charge in [0.1, 0.15) is 0 Å². The Balaban J connectivity index is 0.00000361. The molecule has 0 fully saturated rings. The predicted molar refractivity (Wildman–Crippen MR) is 89.7 cm³/mol. The zero-order chi connectivity index (χ0) is 14.3. The number of thioether (sulfide) groups is 1. The maximum Gasteiger partial charge on any atom is 0.233 e. The standard InChI is InChI=1S/C15H24N2OS.ClH/c1-11(2)14(15(18)17-10-12(3)16-4)19-13-8-6-5-7-9-13;/h5-9,11-12,14,16H,10H2,1-4H3,(H,17,18);1H. The molecule has 114 valence electrons. The number of nitrogens with one attached hydrogen (secondary N) is 2. The first-order valence-corrected chi connectivity index (χ1v) is 7.59. The first kappa shape index (κ1) is 19.3. The third-order valence-corrected chi connectivity index (χ3v) is 4.50. The minimum atomic E-state index is -0.0496. The number of carbonyl (C=O) groups is 1. The van der Waals surface area contributed by atoms with Crippen LogP contribution in [0.25, 0.3) is 0 Å². The van der Waals surface area contributed by atoms with Crippen molar-refractivity contribution in [3.05, 3.63) is 30.3 Å². The van der Waals surface area contributed by atoms with Crippen LogP contribution in [0.1, 0.15) is 20.8 Å². The summed E-state index contributed by atoms with van der Waals surface area (Å²) in [5, 5.41) is 6.08. The van der Waals surface area contributed by atoms with Crippen molar-refractivity contribution in [3.8, 4) is 0 Å². The van der Waals surface area contributed by atoms with Gasteiger partial charge in [-0.1, -0.05) is 32.0 Å². The Bertz CT molecular complexity index is 387. The molecule has 5 heteroatoms. The van der Waals surface area contributed by atoms with Gasteiger partial charge >= 0.3 is 0 Å². The smallest absolute Gasteiger partial charge is 0.233 e. The minimum Gasteiger partial charge on any atom is -0.354 e. The lowest BCUT2D eigenvalue weighted by molar-refractivity contribution is -0.121. The van der Waals surface area contributed by atoms with Crippen molar-refractivity contribution in [1.29, 1.82) is 0 Å². The van der Waals surface area contributed by atoms with Crippen molar-refractivity contribution in [2.45, 2.75) is 37.0 Å². The van der Waals surface area contributed by atoms with Crippen molar-refractivity contribution in [1.82, 2.24) is 10.6 Å². The van der Waals surface area contributed by atoms with Crippen LogP contribution in [0, 0.1) is 5.92 Å². The first-order valence-electron chi connectivity index (χ1n) is 6.71. The van der Waals surface area contributed by atoms with Crippen LogP contribution in [-0.4, -0.2) is 30.8 Å². The molecule has 20 heavy (non-hydrogen) atoms. The maximum absolute atomic E-state index is 12.2. The first-order chi connectivity index (χ1) is 9.04. The van der Waals surface area contributed by atoms with E-state index in [0.717, 1.165) is 4.90 Å². The van der Waals surface area contributed by atoms with Gasteiger partial charge in [0.25, 0.3) is 0 Å². The van der Waals surface area contributed by atoms with Crippen molar-refractivity contribution >= 4 is 30.1 Å². The topological polar surface area (TPSA) is 41.1 Å². The van der Waals surface area contributed by atoms with Gasteiger partial charge in [-0.25, -0.2) is 0 Å². The van der Waals surface area contributed by atoms with Crippen LogP contribution in [0.5, 0.6) is 0 Å². The van der Waals surface area contributed by atoms with E-state index in [9.17, 15) is 4.79 Å². The van der Waals surface area contributed by atoms with Crippen LogP contribution in [0.15, 0.2) is 35.2 Å². The van der Waals surface area contributed by atoms with E-state index >= 15 is 0 Å². The molecule has 0 aromatic heterocycles. The summed E-state index contributed by atoms with van der Waals surface area (Å²) >= 11 is 1.63. The Kier molecular flexibility index (Phi) is 9.72. The van der Waals surface area contributed by atoms with E-state index < -0.39 is 0 Å². The van der Waals surface area contributed by atoms with Crippen LogP contribution < -0.4 is 10.6 Å². The Morgan fingerprint density at radius 1 is 1.20 bits per heavy atom. The highest BCUT2D eigenvalue weighted by Gasteiger charge is 2.23. The average Bonchev–Trinajstić information content (AvgIpc) is 2.42. The van der Waals surface area contributed by atoms with Gasteiger partial charge in [-0.2, -0.15) is 0 Å². The largest absolute Gasteiger partial charge is 0.354 e. The van der Waals surface area contributed by atoms with Gasteiger partial charge in [0.2, 0.25) is 5.91 Å². The Labute approximate surface area is 132 Å². The fourth-order valence-corrected chi connectivity index (χ4v) is 2.66. The van der Waals surface area contributed by atoms with Crippen LogP contribution in [0.4, 0.5) is 0 Å². The van der Waals surface area contributed by atoms with E-state index in [4.69, 9.17) is 0 Å². The molecule has 0 spiro atoms. The summed E-state index contributed by atoms with van der Waals surface area (Å²) in [4.78, 5) is 13.4. The molecular weight excluding hydrogens is 292 g/mol. The lowest BCUT2D eigenvalue weighted by Gasteiger charge is -2.21. The quantitative estimate of drug-likeness (QED) is 0.760. The zero-order valence-electron chi connectivity index (χ0n) is 12.6. The fourth-order valence-electron chi connectivity index (χ4n) is 1.59. The molecule has 3 nitrogen and oxygen atoms in total.